The van der Waals surface area contributed by atoms with Gasteiger partial charge in [-0.05, 0) is 44.4 Å². The number of hydrogen-bond acceptors (Lipinski definition) is 3. The van der Waals surface area contributed by atoms with E-state index in [9.17, 15) is 13.0 Å². The molecule has 2 aromatic rings. The molecule has 1 saturated heterocycles. The standard InChI is InChI=1S/C14H10N2.C10H17F2NOS/c1-2-13-8-7-12(10-16-13)14-6-4-3-5-11(14)9-15;1-6-4-8-7(2)13-15(14)9(8,3)5-10(6,11)12/h2-8,10H,1H2;6-8,13H,4-5H2,1-3H3. The van der Waals surface area contributed by atoms with Gasteiger partial charge in [0.15, 0.2) is 0 Å². The van der Waals surface area contributed by atoms with Crippen LogP contribution in [0.1, 0.15) is 44.9 Å². The lowest BCUT2D eigenvalue weighted by Crippen LogP contribution is -2.50. The number of aromatic nitrogens is 1. The van der Waals surface area contributed by atoms with Crippen LogP contribution >= 0.6 is 0 Å². The molecule has 1 aromatic heterocycles. The number of pyridine rings is 1. The first-order chi connectivity index (χ1) is 14.6. The van der Waals surface area contributed by atoms with Crippen LogP contribution in [0.25, 0.3) is 17.2 Å². The number of benzene rings is 1. The number of nitrogens with zero attached hydrogens (tertiary/aromatic N) is 2. The van der Waals surface area contributed by atoms with Crippen LogP contribution < -0.4 is 4.72 Å². The fourth-order valence-corrected chi connectivity index (χ4v) is 6.09. The van der Waals surface area contributed by atoms with Gasteiger partial charge in [0.05, 0.1) is 33.1 Å². The van der Waals surface area contributed by atoms with Crippen LogP contribution in [0.4, 0.5) is 8.78 Å². The molecule has 2 aliphatic rings. The fraction of sp³-hybridized carbons (Fsp3) is 0.417. The van der Waals surface area contributed by atoms with Crippen LogP contribution in [0.2, 0.25) is 0 Å². The van der Waals surface area contributed by atoms with Gasteiger partial charge in [-0.1, -0.05) is 37.8 Å². The van der Waals surface area contributed by atoms with Crippen molar-refractivity contribution in [1.82, 2.24) is 9.71 Å². The van der Waals surface area contributed by atoms with Crippen LogP contribution in [-0.4, -0.2) is 25.9 Å². The normalized spacial score (nSPS) is 31.0. The third-order valence-electron chi connectivity index (χ3n) is 6.37. The number of nitriles is 1. The van der Waals surface area contributed by atoms with Gasteiger partial charge in [0.25, 0.3) is 5.92 Å². The number of rotatable bonds is 2. The topological polar surface area (TPSA) is 65.8 Å². The molecular weight excluding hydrogens is 416 g/mol. The molecule has 0 spiro atoms. The van der Waals surface area contributed by atoms with Crippen LogP contribution in [-0.2, 0) is 11.0 Å². The van der Waals surface area contributed by atoms with Crippen LogP contribution in [0.3, 0.4) is 0 Å². The number of hydrogen-bond donors (Lipinski definition) is 1. The van der Waals surface area contributed by atoms with Crippen molar-refractivity contribution in [2.75, 3.05) is 0 Å². The minimum Gasteiger partial charge on any atom is -0.256 e. The lowest BCUT2D eigenvalue weighted by Gasteiger charge is -2.42. The Morgan fingerprint density at radius 1 is 1.29 bits per heavy atom. The van der Waals surface area contributed by atoms with Gasteiger partial charge in [0, 0.05) is 35.7 Å². The van der Waals surface area contributed by atoms with Crippen molar-refractivity contribution in [3.63, 3.8) is 0 Å². The van der Waals surface area contributed by atoms with E-state index in [1.165, 1.54) is 0 Å². The highest BCUT2D eigenvalue weighted by atomic mass is 32.2. The molecule has 2 heterocycles. The van der Waals surface area contributed by atoms with Gasteiger partial charge in [-0.25, -0.2) is 17.7 Å². The Labute approximate surface area is 185 Å². The van der Waals surface area contributed by atoms with Crippen LogP contribution in [0.15, 0.2) is 49.2 Å². The third kappa shape index (κ3) is 4.60. The summed E-state index contributed by atoms with van der Waals surface area (Å²) < 4.78 is 41.2. The minimum absolute atomic E-state index is 0.0781. The van der Waals surface area contributed by atoms with Gasteiger partial charge in [-0.3, -0.25) is 4.98 Å². The minimum atomic E-state index is -2.67. The zero-order chi connectivity index (χ0) is 22.8. The van der Waals surface area contributed by atoms with Crippen molar-refractivity contribution in [1.29, 1.82) is 5.26 Å². The predicted octanol–water partition coefficient (Wildman–Crippen LogP) is 5.35. The Balaban J connectivity index is 0.000000176. The number of halogens is 2. The van der Waals surface area contributed by atoms with Gasteiger partial charge in [0.1, 0.15) is 0 Å². The van der Waals surface area contributed by atoms with Crippen LogP contribution in [0.5, 0.6) is 0 Å². The summed E-state index contributed by atoms with van der Waals surface area (Å²) in [6.07, 6.45) is 3.66. The highest BCUT2D eigenvalue weighted by molar-refractivity contribution is 7.84. The Kier molecular flexibility index (Phi) is 6.73. The van der Waals surface area contributed by atoms with E-state index in [2.05, 4.69) is 22.4 Å². The maximum Gasteiger partial charge on any atom is 0.252 e. The van der Waals surface area contributed by atoms with E-state index in [0.29, 0.717) is 12.0 Å². The zero-order valence-corrected chi connectivity index (χ0v) is 18.8. The maximum absolute atomic E-state index is 13.6. The van der Waals surface area contributed by atoms with E-state index < -0.39 is 27.6 Å². The molecule has 1 aliphatic heterocycles. The van der Waals surface area contributed by atoms with Gasteiger partial charge in [-0.15, -0.1) is 0 Å². The summed E-state index contributed by atoms with van der Waals surface area (Å²) >= 11 is 0. The lowest BCUT2D eigenvalue weighted by atomic mass is 9.70. The molecule has 2 fully saturated rings. The zero-order valence-electron chi connectivity index (χ0n) is 17.9. The van der Waals surface area contributed by atoms with Crippen molar-refractivity contribution in [2.24, 2.45) is 11.8 Å². The Hall–Kier alpha value is -2.43. The second-order valence-electron chi connectivity index (χ2n) is 8.50. The van der Waals surface area contributed by atoms with E-state index in [1.54, 1.807) is 32.2 Å². The van der Waals surface area contributed by atoms with Crippen molar-refractivity contribution in [3.8, 4) is 17.2 Å². The third-order valence-corrected chi connectivity index (χ3v) is 8.25. The Bertz CT molecular complexity index is 1020. The maximum atomic E-state index is 13.6. The monoisotopic (exact) mass is 443 g/mol. The van der Waals surface area contributed by atoms with Crippen LogP contribution in [0, 0.1) is 23.2 Å². The van der Waals surface area contributed by atoms with E-state index in [4.69, 9.17) is 5.26 Å². The van der Waals surface area contributed by atoms with Gasteiger partial charge < -0.3 is 0 Å². The van der Waals surface area contributed by atoms with E-state index in [0.717, 1.165) is 16.8 Å². The van der Waals surface area contributed by atoms with E-state index in [1.807, 2.05) is 37.3 Å². The first-order valence-corrected chi connectivity index (χ1v) is 11.4. The molecule has 1 aromatic carbocycles. The second kappa shape index (κ2) is 8.97. The van der Waals surface area contributed by atoms with E-state index in [-0.39, 0.29) is 18.4 Å². The highest BCUT2D eigenvalue weighted by Gasteiger charge is 2.60. The molecule has 1 N–H and O–H groups in total. The molecule has 1 saturated carbocycles. The molecule has 7 heteroatoms. The summed E-state index contributed by atoms with van der Waals surface area (Å²) in [5, 5.41) is 8.99. The Morgan fingerprint density at radius 3 is 2.61 bits per heavy atom. The largest absolute Gasteiger partial charge is 0.256 e. The number of nitrogens with one attached hydrogen (secondary N) is 1. The second-order valence-corrected chi connectivity index (χ2v) is 10.2. The summed E-state index contributed by atoms with van der Waals surface area (Å²) in [6.45, 7) is 8.90. The van der Waals surface area contributed by atoms with Gasteiger partial charge >= 0.3 is 0 Å². The summed E-state index contributed by atoms with van der Waals surface area (Å²) in [6, 6.07) is 13.6. The van der Waals surface area contributed by atoms with Crippen molar-refractivity contribution >= 4 is 17.1 Å². The molecule has 164 valence electrons. The molecular formula is C24H27F2N3OS. The molecule has 0 radical (unpaired) electrons. The van der Waals surface area contributed by atoms with Crippen molar-refractivity contribution < 1.29 is 13.0 Å². The average molecular weight is 444 g/mol. The molecule has 5 atom stereocenters. The smallest absolute Gasteiger partial charge is 0.252 e. The molecule has 1 aliphatic carbocycles. The molecule has 0 bridgehead atoms. The first-order valence-electron chi connectivity index (χ1n) is 10.3. The highest BCUT2D eigenvalue weighted by Crippen LogP contribution is 2.51. The number of alkyl halides is 2. The fourth-order valence-electron chi connectivity index (χ4n) is 4.42. The van der Waals surface area contributed by atoms with Gasteiger partial charge in [0.2, 0.25) is 0 Å². The van der Waals surface area contributed by atoms with Crippen molar-refractivity contribution in [3.05, 3.63) is 60.4 Å². The molecule has 0 amide bonds. The number of fused-ring (bicyclic) bond motifs is 1. The van der Waals surface area contributed by atoms with Crippen molar-refractivity contribution in [2.45, 2.75) is 50.3 Å². The van der Waals surface area contributed by atoms with Gasteiger partial charge in [-0.2, -0.15) is 5.26 Å². The summed E-state index contributed by atoms with van der Waals surface area (Å²) in [5.74, 6) is -3.17. The van der Waals surface area contributed by atoms with E-state index >= 15 is 0 Å². The molecule has 4 nitrogen and oxygen atoms in total. The Morgan fingerprint density at radius 2 is 2.00 bits per heavy atom. The quantitative estimate of drug-likeness (QED) is 0.681. The summed E-state index contributed by atoms with van der Waals surface area (Å²) in [4.78, 5) is 4.22. The summed E-state index contributed by atoms with van der Waals surface area (Å²) in [7, 11) is -1.33. The predicted molar refractivity (Wildman–Crippen MR) is 120 cm³/mol. The first kappa shape index (κ1) is 23.2. The molecule has 31 heavy (non-hydrogen) atoms. The SMILES string of the molecule is C=Cc1ccc(-c2ccccc2C#N)cn1.CC1NS(=O)C2(C)CC(F)(F)C(C)CC12. The molecule has 5 unspecified atom stereocenters. The lowest BCUT2D eigenvalue weighted by molar-refractivity contribution is -0.102. The molecule has 4 rings (SSSR count). The average Bonchev–Trinajstić information content (AvgIpc) is 2.96. The summed E-state index contributed by atoms with van der Waals surface area (Å²) in [5.41, 5.74) is 3.35.